The quantitative estimate of drug-likeness (QED) is 0.800. The average molecular weight is 399 g/mol. The number of benzene rings is 1. The van der Waals surface area contributed by atoms with Crippen LogP contribution in [0.3, 0.4) is 0 Å². The van der Waals surface area contributed by atoms with Crippen molar-refractivity contribution < 1.29 is 23.5 Å². The normalized spacial score (nSPS) is 14.7. The number of amides is 1. The molecule has 1 amide bonds. The molecule has 0 fully saturated rings. The minimum atomic E-state index is -1.24. The first-order valence-electron chi connectivity index (χ1n) is 8.21. The second-order valence-electron chi connectivity index (χ2n) is 6.34. The molecule has 0 aliphatic carbocycles. The summed E-state index contributed by atoms with van der Waals surface area (Å²) >= 11 is 6.00. The van der Waals surface area contributed by atoms with Gasteiger partial charge in [0.2, 0.25) is 5.91 Å². The van der Waals surface area contributed by atoms with Gasteiger partial charge in [0.05, 0.1) is 6.54 Å². The molecule has 1 aliphatic heterocycles. The minimum absolute atomic E-state index is 0.0206. The second-order valence-corrected chi connectivity index (χ2v) is 6.70. The summed E-state index contributed by atoms with van der Waals surface area (Å²) in [7, 11) is 0. The number of hydrogen-bond donors (Lipinski definition) is 2. The highest BCUT2D eigenvalue weighted by atomic mass is 35.5. The number of hydrogen-bond acceptors (Lipinski definition) is 4. The lowest BCUT2D eigenvalue weighted by Gasteiger charge is -2.29. The van der Waals surface area contributed by atoms with Crippen LogP contribution >= 0.6 is 11.6 Å². The third kappa shape index (κ3) is 4.09. The van der Waals surface area contributed by atoms with Crippen LogP contribution in [0.2, 0.25) is 5.15 Å². The zero-order valence-electron chi connectivity index (χ0n) is 14.2. The van der Waals surface area contributed by atoms with Gasteiger partial charge in [-0.1, -0.05) is 11.6 Å². The van der Waals surface area contributed by atoms with E-state index in [1.165, 1.54) is 4.90 Å². The van der Waals surface area contributed by atoms with Gasteiger partial charge in [-0.2, -0.15) is 0 Å². The molecule has 10 heteroatoms. The Bertz CT molecular complexity index is 903. The topological polar surface area (TPSA) is 101 Å². The Morgan fingerprint density at radius 2 is 2.07 bits per heavy atom. The Kier molecular flexibility index (Phi) is 5.43. The first kappa shape index (κ1) is 19.2. The Labute approximate surface area is 158 Å². The fraction of sp³-hybridized carbons (Fsp3) is 0.353. The van der Waals surface area contributed by atoms with Crippen molar-refractivity contribution in [1.82, 2.24) is 14.5 Å². The molecule has 144 valence electrons. The highest BCUT2D eigenvalue weighted by molar-refractivity contribution is 6.32. The Hall–Kier alpha value is -2.52. The van der Waals surface area contributed by atoms with Gasteiger partial charge in [0.15, 0.2) is 5.69 Å². The maximum Gasteiger partial charge on any atom is 0.357 e. The molecule has 1 aromatic heterocycles. The molecule has 3 rings (SSSR count). The van der Waals surface area contributed by atoms with Gasteiger partial charge in [-0.3, -0.25) is 4.79 Å². The molecule has 3 N–H and O–H groups in total. The molecule has 0 unspecified atom stereocenters. The van der Waals surface area contributed by atoms with Gasteiger partial charge < -0.3 is 20.3 Å². The summed E-state index contributed by atoms with van der Waals surface area (Å²) in [6.45, 7) is 0.739. The summed E-state index contributed by atoms with van der Waals surface area (Å²) in [6, 6.07) is 2.41. The molecule has 0 spiro atoms. The standard InChI is InChI=1S/C17H17ClF2N4O3/c18-16-15(17(26)27)22-13-8-23(3-4-24(13)16)14(25)7-11(21)6-9-5-10(19)1-2-12(9)20/h1-2,5,11H,3-4,6-8,21H2,(H,26,27)/t11-/m1/s1. The molecule has 0 saturated carbocycles. The number of carbonyl (C=O) groups excluding carboxylic acids is 1. The average Bonchev–Trinajstić information content (AvgIpc) is 2.94. The smallest absolute Gasteiger partial charge is 0.357 e. The van der Waals surface area contributed by atoms with Crippen molar-refractivity contribution in [3.8, 4) is 0 Å². The van der Waals surface area contributed by atoms with E-state index in [9.17, 15) is 18.4 Å². The molecule has 0 saturated heterocycles. The van der Waals surface area contributed by atoms with Crippen molar-refractivity contribution in [3.63, 3.8) is 0 Å². The van der Waals surface area contributed by atoms with E-state index in [0.717, 1.165) is 18.2 Å². The van der Waals surface area contributed by atoms with Crippen molar-refractivity contribution in [3.05, 3.63) is 52.1 Å². The van der Waals surface area contributed by atoms with Crippen LogP contribution in [0.1, 0.15) is 28.3 Å². The monoisotopic (exact) mass is 398 g/mol. The summed E-state index contributed by atoms with van der Waals surface area (Å²) in [5.74, 6) is -2.28. The number of aromatic nitrogens is 2. The number of carboxylic acid groups (broad SMARTS) is 1. The highest BCUT2D eigenvalue weighted by Gasteiger charge is 2.28. The number of carbonyl (C=O) groups is 2. The van der Waals surface area contributed by atoms with Gasteiger partial charge >= 0.3 is 5.97 Å². The molecule has 7 nitrogen and oxygen atoms in total. The lowest BCUT2D eigenvalue weighted by molar-refractivity contribution is -0.133. The number of fused-ring (bicyclic) bond motifs is 1. The fourth-order valence-corrected chi connectivity index (χ4v) is 3.36. The van der Waals surface area contributed by atoms with Crippen LogP contribution in [-0.4, -0.2) is 44.0 Å². The van der Waals surface area contributed by atoms with Crippen LogP contribution in [0.15, 0.2) is 18.2 Å². The second kappa shape index (κ2) is 7.61. The SMILES string of the molecule is N[C@@H](CC(=O)N1CCn2c(nc(C(=O)O)c2Cl)C1)Cc1cc(F)ccc1F. The number of nitrogens with zero attached hydrogens (tertiary/aromatic N) is 3. The van der Waals surface area contributed by atoms with Crippen molar-refractivity contribution >= 4 is 23.5 Å². The van der Waals surface area contributed by atoms with E-state index in [2.05, 4.69) is 4.98 Å². The van der Waals surface area contributed by atoms with Crippen LogP contribution in [-0.2, 0) is 24.3 Å². The van der Waals surface area contributed by atoms with Crippen LogP contribution in [0, 0.1) is 11.6 Å². The lowest BCUT2D eigenvalue weighted by Crippen LogP contribution is -2.41. The zero-order chi connectivity index (χ0) is 19.7. The van der Waals surface area contributed by atoms with Crippen molar-refractivity contribution in [2.24, 2.45) is 5.73 Å². The van der Waals surface area contributed by atoms with E-state index in [1.807, 2.05) is 0 Å². The predicted octanol–water partition coefficient (Wildman–Crippen LogP) is 1.82. The minimum Gasteiger partial charge on any atom is -0.476 e. The predicted molar refractivity (Wildman–Crippen MR) is 92.3 cm³/mol. The third-order valence-electron chi connectivity index (χ3n) is 4.39. The Morgan fingerprint density at radius 1 is 1.33 bits per heavy atom. The molecule has 2 aromatic rings. The number of carboxylic acids is 1. The number of aromatic carboxylic acids is 1. The van der Waals surface area contributed by atoms with E-state index >= 15 is 0 Å². The maximum absolute atomic E-state index is 13.7. The van der Waals surface area contributed by atoms with E-state index in [-0.39, 0.29) is 41.7 Å². The van der Waals surface area contributed by atoms with Gasteiger partial charge in [-0.25, -0.2) is 18.6 Å². The molecule has 27 heavy (non-hydrogen) atoms. The largest absolute Gasteiger partial charge is 0.476 e. The third-order valence-corrected chi connectivity index (χ3v) is 4.78. The van der Waals surface area contributed by atoms with Gasteiger partial charge in [0.25, 0.3) is 0 Å². The van der Waals surface area contributed by atoms with E-state index in [1.54, 1.807) is 4.57 Å². The summed E-state index contributed by atoms with van der Waals surface area (Å²) in [5.41, 5.74) is 5.80. The van der Waals surface area contributed by atoms with Crippen LogP contribution in [0.4, 0.5) is 8.78 Å². The van der Waals surface area contributed by atoms with E-state index < -0.39 is 23.6 Å². The van der Waals surface area contributed by atoms with Crippen molar-refractivity contribution in [2.75, 3.05) is 6.54 Å². The molecule has 1 aromatic carbocycles. The molecule has 1 atom stereocenters. The molecule has 2 heterocycles. The van der Waals surface area contributed by atoms with Crippen LogP contribution in [0.25, 0.3) is 0 Å². The van der Waals surface area contributed by atoms with Gasteiger partial charge in [-0.05, 0) is 30.2 Å². The zero-order valence-corrected chi connectivity index (χ0v) is 14.9. The van der Waals surface area contributed by atoms with Crippen LogP contribution in [0.5, 0.6) is 0 Å². The number of nitrogens with two attached hydrogens (primary N) is 1. The molecular formula is C17H17ClF2N4O3. The summed E-state index contributed by atoms with van der Waals surface area (Å²) in [5, 5.41) is 9.11. The molecular weight excluding hydrogens is 382 g/mol. The molecule has 0 radical (unpaired) electrons. The molecule has 0 bridgehead atoms. The van der Waals surface area contributed by atoms with Crippen molar-refractivity contribution in [1.29, 1.82) is 0 Å². The van der Waals surface area contributed by atoms with E-state index in [4.69, 9.17) is 22.4 Å². The number of halogens is 3. The number of rotatable bonds is 5. The molecule has 1 aliphatic rings. The number of imidazole rings is 1. The van der Waals surface area contributed by atoms with Gasteiger partial charge in [-0.15, -0.1) is 0 Å². The summed E-state index contributed by atoms with van der Waals surface area (Å²) < 4.78 is 28.5. The Morgan fingerprint density at radius 3 is 2.78 bits per heavy atom. The highest BCUT2D eigenvalue weighted by Crippen LogP contribution is 2.23. The van der Waals surface area contributed by atoms with Gasteiger partial charge in [0, 0.05) is 25.6 Å². The fourth-order valence-electron chi connectivity index (χ4n) is 3.05. The first-order valence-corrected chi connectivity index (χ1v) is 8.59. The Balaban J connectivity index is 1.64. The first-order chi connectivity index (χ1) is 12.8. The van der Waals surface area contributed by atoms with E-state index in [0.29, 0.717) is 18.9 Å². The van der Waals surface area contributed by atoms with Gasteiger partial charge in [0.1, 0.15) is 22.6 Å². The van der Waals surface area contributed by atoms with Crippen LogP contribution < -0.4 is 5.73 Å². The lowest BCUT2D eigenvalue weighted by atomic mass is 10.0. The maximum atomic E-state index is 13.7. The van der Waals surface area contributed by atoms with Crippen molar-refractivity contribution in [2.45, 2.75) is 32.0 Å². The summed E-state index contributed by atoms with van der Waals surface area (Å²) in [6.07, 6.45) is -0.0387. The summed E-state index contributed by atoms with van der Waals surface area (Å²) in [4.78, 5) is 29.0.